The van der Waals surface area contributed by atoms with Gasteiger partial charge in [0.25, 0.3) is 0 Å². The van der Waals surface area contributed by atoms with Crippen LogP contribution in [0, 0.1) is 0 Å². The monoisotopic (exact) mass is 279 g/mol. The average Bonchev–Trinajstić information content (AvgIpc) is 3.17. The fourth-order valence-corrected chi connectivity index (χ4v) is 2.28. The van der Waals surface area contributed by atoms with Crippen LogP contribution < -0.4 is 5.32 Å². The van der Waals surface area contributed by atoms with Gasteiger partial charge in [-0.25, -0.2) is 0 Å². The van der Waals surface area contributed by atoms with E-state index in [1.165, 1.54) is 5.69 Å². The number of aromatic nitrogens is 2. The van der Waals surface area contributed by atoms with Crippen LogP contribution in [-0.4, -0.2) is 34.4 Å². The molecule has 0 aliphatic heterocycles. The van der Waals surface area contributed by atoms with Crippen molar-refractivity contribution >= 4 is 5.97 Å². The van der Waals surface area contributed by atoms with Gasteiger partial charge in [0.2, 0.25) is 0 Å². The van der Waals surface area contributed by atoms with Crippen molar-refractivity contribution in [1.82, 2.24) is 15.1 Å². The van der Waals surface area contributed by atoms with Crippen molar-refractivity contribution in [1.29, 1.82) is 0 Å². The largest absolute Gasteiger partial charge is 0.465 e. The number of esters is 1. The van der Waals surface area contributed by atoms with Gasteiger partial charge in [-0.1, -0.05) is 13.8 Å². The number of carbonyl (C=O) groups excluding carboxylic acids is 1. The van der Waals surface area contributed by atoms with Gasteiger partial charge in [-0.2, -0.15) is 5.10 Å². The summed E-state index contributed by atoms with van der Waals surface area (Å²) >= 11 is 0. The molecule has 1 fully saturated rings. The Morgan fingerprint density at radius 1 is 1.45 bits per heavy atom. The van der Waals surface area contributed by atoms with Crippen molar-refractivity contribution in [3.05, 3.63) is 17.5 Å². The number of hydrogen-bond donors (Lipinski definition) is 1. The van der Waals surface area contributed by atoms with Crippen LogP contribution in [0.3, 0.4) is 0 Å². The van der Waals surface area contributed by atoms with E-state index in [-0.39, 0.29) is 12.0 Å². The zero-order chi connectivity index (χ0) is 14.5. The molecule has 0 amide bonds. The molecular weight excluding hydrogens is 254 g/mol. The normalized spacial score (nSPS) is 16.1. The van der Waals surface area contributed by atoms with Crippen molar-refractivity contribution < 1.29 is 9.53 Å². The lowest BCUT2D eigenvalue weighted by Gasteiger charge is -2.18. The van der Waals surface area contributed by atoms with Gasteiger partial charge in [0.1, 0.15) is 6.04 Å². The van der Waals surface area contributed by atoms with Crippen molar-refractivity contribution in [3.63, 3.8) is 0 Å². The van der Waals surface area contributed by atoms with Gasteiger partial charge >= 0.3 is 5.97 Å². The van der Waals surface area contributed by atoms with Crippen LogP contribution in [0.2, 0.25) is 0 Å². The van der Waals surface area contributed by atoms with Gasteiger partial charge in [-0.05, 0) is 38.7 Å². The standard InChI is InChI=1S/C15H25N3O2/c1-4-11-9-13(5-2)18(17-11)10-14(15(19)20-6-3)16-12-7-8-12/h9,12,14,16H,4-8,10H2,1-3H3. The molecule has 20 heavy (non-hydrogen) atoms. The van der Waals surface area contributed by atoms with Crippen LogP contribution in [0.15, 0.2) is 6.07 Å². The zero-order valence-electron chi connectivity index (χ0n) is 12.7. The highest BCUT2D eigenvalue weighted by molar-refractivity contribution is 5.75. The number of aryl methyl sites for hydroxylation is 2. The molecule has 2 rings (SSSR count). The molecule has 5 heteroatoms. The molecule has 1 aromatic heterocycles. The second-order valence-corrected chi connectivity index (χ2v) is 5.26. The molecular formula is C15H25N3O2. The molecule has 0 saturated heterocycles. The predicted molar refractivity (Wildman–Crippen MR) is 77.6 cm³/mol. The quantitative estimate of drug-likeness (QED) is 0.736. The fraction of sp³-hybridized carbons (Fsp3) is 0.733. The maximum absolute atomic E-state index is 12.1. The molecule has 0 spiro atoms. The minimum Gasteiger partial charge on any atom is -0.465 e. The summed E-state index contributed by atoms with van der Waals surface area (Å²) in [6.45, 7) is 7.02. The van der Waals surface area contributed by atoms with Gasteiger partial charge in [-0.15, -0.1) is 0 Å². The maximum atomic E-state index is 12.1. The summed E-state index contributed by atoms with van der Waals surface area (Å²) in [6.07, 6.45) is 4.14. The Bertz CT molecular complexity index is 452. The van der Waals surface area contributed by atoms with Gasteiger partial charge in [0, 0.05) is 11.7 Å². The Morgan fingerprint density at radius 2 is 2.20 bits per heavy atom. The zero-order valence-corrected chi connectivity index (χ0v) is 12.7. The summed E-state index contributed by atoms with van der Waals surface area (Å²) in [5.74, 6) is -0.171. The van der Waals surface area contributed by atoms with Crippen molar-refractivity contribution in [2.75, 3.05) is 6.61 Å². The molecule has 1 saturated carbocycles. The van der Waals surface area contributed by atoms with Crippen LogP contribution >= 0.6 is 0 Å². The van der Waals surface area contributed by atoms with Gasteiger partial charge in [0.15, 0.2) is 0 Å². The molecule has 1 aromatic rings. The third-order valence-electron chi connectivity index (χ3n) is 3.58. The Hall–Kier alpha value is -1.36. The molecule has 0 radical (unpaired) electrons. The average molecular weight is 279 g/mol. The first-order chi connectivity index (χ1) is 9.67. The Balaban J connectivity index is 2.08. The van der Waals surface area contributed by atoms with E-state index in [1.54, 1.807) is 0 Å². The van der Waals surface area contributed by atoms with Crippen LogP contribution in [0.5, 0.6) is 0 Å². The van der Waals surface area contributed by atoms with E-state index < -0.39 is 0 Å². The maximum Gasteiger partial charge on any atom is 0.325 e. The summed E-state index contributed by atoms with van der Waals surface area (Å²) in [6, 6.07) is 2.30. The summed E-state index contributed by atoms with van der Waals surface area (Å²) in [5.41, 5.74) is 2.25. The Kier molecular flexibility index (Phi) is 5.17. The highest BCUT2D eigenvalue weighted by atomic mass is 16.5. The lowest BCUT2D eigenvalue weighted by Crippen LogP contribution is -2.43. The van der Waals surface area contributed by atoms with E-state index in [4.69, 9.17) is 4.74 Å². The first-order valence-corrected chi connectivity index (χ1v) is 7.66. The third-order valence-corrected chi connectivity index (χ3v) is 3.58. The second kappa shape index (κ2) is 6.88. The number of hydrogen-bond acceptors (Lipinski definition) is 4. The van der Waals surface area contributed by atoms with Crippen LogP contribution in [0.4, 0.5) is 0 Å². The molecule has 1 aliphatic rings. The van der Waals surface area contributed by atoms with E-state index in [9.17, 15) is 4.79 Å². The van der Waals surface area contributed by atoms with Gasteiger partial charge in [-0.3, -0.25) is 9.48 Å². The molecule has 1 heterocycles. The molecule has 1 N–H and O–H groups in total. The van der Waals surface area contributed by atoms with E-state index in [1.807, 2.05) is 11.6 Å². The Labute approximate surface area is 120 Å². The van der Waals surface area contributed by atoms with Crippen LogP contribution in [0.1, 0.15) is 45.0 Å². The number of ether oxygens (including phenoxy) is 1. The first kappa shape index (κ1) is 15.0. The van der Waals surface area contributed by atoms with Crippen molar-refractivity contribution in [2.45, 2.75) is 65.1 Å². The summed E-state index contributed by atoms with van der Waals surface area (Å²) in [5, 5.41) is 7.95. The number of nitrogens with one attached hydrogen (secondary N) is 1. The number of carbonyl (C=O) groups is 1. The molecule has 5 nitrogen and oxygen atoms in total. The molecule has 112 valence electrons. The second-order valence-electron chi connectivity index (χ2n) is 5.26. The highest BCUT2D eigenvalue weighted by Gasteiger charge is 2.30. The van der Waals surface area contributed by atoms with E-state index in [0.29, 0.717) is 19.2 Å². The lowest BCUT2D eigenvalue weighted by atomic mass is 10.2. The highest BCUT2D eigenvalue weighted by Crippen LogP contribution is 2.20. The van der Waals surface area contributed by atoms with E-state index in [2.05, 4.69) is 30.3 Å². The molecule has 1 aliphatic carbocycles. The SMILES string of the molecule is CCOC(=O)C(Cn1nc(CC)cc1CC)NC1CC1. The summed E-state index contributed by atoms with van der Waals surface area (Å²) in [4.78, 5) is 12.1. The molecule has 1 atom stereocenters. The van der Waals surface area contributed by atoms with Crippen molar-refractivity contribution in [3.8, 4) is 0 Å². The molecule has 0 aromatic carbocycles. The summed E-state index contributed by atoms with van der Waals surface area (Å²) < 4.78 is 7.12. The van der Waals surface area contributed by atoms with Gasteiger partial charge in [0.05, 0.1) is 18.8 Å². The molecule has 1 unspecified atom stereocenters. The predicted octanol–water partition coefficient (Wildman–Crippen LogP) is 1.69. The fourth-order valence-electron chi connectivity index (χ4n) is 2.28. The number of rotatable bonds is 8. The smallest absolute Gasteiger partial charge is 0.325 e. The van der Waals surface area contributed by atoms with Crippen molar-refractivity contribution in [2.24, 2.45) is 0 Å². The van der Waals surface area contributed by atoms with Crippen LogP contribution in [0.25, 0.3) is 0 Å². The lowest BCUT2D eigenvalue weighted by molar-refractivity contribution is -0.146. The minimum atomic E-state index is -0.294. The number of nitrogens with zero attached hydrogens (tertiary/aromatic N) is 2. The summed E-state index contributed by atoms with van der Waals surface area (Å²) in [7, 11) is 0. The van der Waals surface area contributed by atoms with Gasteiger partial charge < -0.3 is 10.1 Å². The third kappa shape index (κ3) is 3.82. The molecule has 0 bridgehead atoms. The van der Waals surface area contributed by atoms with E-state index >= 15 is 0 Å². The van der Waals surface area contributed by atoms with E-state index in [0.717, 1.165) is 31.4 Å². The minimum absolute atomic E-state index is 0.171. The first-order valence-electron chi connectivity index (χ1n) is 7.66. The topological polar surface area (TPSA) is 56.2 Å². The van der Waals surface area contributed by atoms with Crippen LogP contribution in [-0.2, 0) is 28.9 Å². The Morgan fingerprint density at radius 3 is 2.75 bits per heavy atom.